The molecule has 1 aliphatic rings. The summed E-state index contributed by atoms with van der Waals surface area (Å²) in [7, 11) is -0.987. The summed E-state index contributed by atoms with van der Waals surface area (Å²) < 4.78 is 29.6. The molecule has 5 nitrogen and oxygen atoms in total. The number of halogens is 1. The number of nitrogens with zero attached hydrogens (tertiary/aromatic N) is 3. The molecule has 22 heavy (non-hydrogen) atoms. The van der Waals surface area contributed by atoms with Crippen molar-refractivity contribution in [3.8, 4) is 0 Å². The topological polar surface area (TPSA) is 40.7 Å². The van der Waals surface area contributed by atoms with Crippen molar-refractivity contribution in [2.45, 2.75) is 52.4 Å². The molecule has 0 spiro atoms. The molecule has 2 aromatic rings. The third kappa shape index (κ3) is 2.38. The lowest BCUT2D eigenvalue weighted by Crippen LogP contribution is -2.41. The average molecular weight is 305 g/mol. The first-order valence-electron chi connectivity index (χ1n) is 7.51. The Morgan fingerprint density at radius 1 is 1.27 bits per heavy atom. The van der Waals surface area contributed by atoms with Gasteiger partial charge >= 0.3 is 7.12 Å². The van der Waals surface area contributed by atoms with Gasteiger partial charge in [-0.15, -0.1) is 0 Å². The highest BCUT2D eigenvalue weighted by Crippen LogP contribution is 2.39. The van der Waals surface area contributed by atoms with Crippen LogP contribution in [-0.2, 0) is 15.9 Å². The maximum absolute atomic E-state index is 14.5. The molecule has 0 atom stereocenters. The van der Waals surface area contributed by atoms with Crippen LogP contribution >= 0.6 is 0 Å². The molecule has 0 aliphatic carbocycles. The molecule has 1 saturated heterocycles. The second-order valence-electron chi connectivity index (χ2n) is 6.57. The van der Waals surface area contributed by atoms with E-state index in [4.69, 9.17) is 9.31 Å². The normalized spacial score (nSPS) is 21.0. The van der Waals surface area contributed by atoms with Gasteiger partial charge in [-0.3, -0.25) is 0 Å². The number of fused-ring (bicyclic) bond motifs is 1. The molecule has 1 aliphatic heterocycles. The molecule has 0 aromatic carbocycles. The molecule has 3 heterocycles. The quantitative estimate of drug-likeness (QED) is 0.818. The van der Waals surface area contributed by atoms with E-state index in [1.54, 1.807) is 4.52 Å². The summed E-state index contributed by atoms with van der Waals surface area (Å²) in [5, 5.41) is 4.33. The largest absolute Gasteiger partial charge is 0.525 e. The molecule has 0 bridgehead atoms. The molecule has 0 radical (unpaired) electrons. The number of aromatic nitrogens is 3. The number of rotatable bonds is 3. The van der Waals surface area contributed by atoms with E-state index >= 15 is 0 Å². The zero-order valence-corrected chi connectivity index (χ0v) is 13.6. The van der Waals surface area contributed by atoms with Crippen molar-refractivity contribution >= 4 is 18.8 Å². The van der Waals surface area contributed by atoms with E-state index < -0.39 is 24.0 Å². The third-order valence-electron chi connectivity index (χ3n) is 4.52. The van der Waals surface area contributed by atoms with Gasteiger partial charge in [0.25, 0.3) is 0 Å². The Morgan fingerprint density at radius 3 is 2.50 bits per heavy atom. The van der Waals surface area contributed by atoms with Gasteiger partial charge in [-0.2, -0.15) is 5.10 Å². The Morgan fingerprint density at radius 2 is 1.91 bits per heavy atom. The summed E-state index contributed by atoms with van der Waals surface area (Å²) in [6, 6.07) is 1.84. The van der Waals surface area contributed by atoms with Crippen LogP contribution in [0.3, 0.4) is 0 Å². The molecule has 0 unspecified atom stereocenters. The van der Waals surface area contributed by atoms with E-state index in [0.717, 1.165) is 12.2 Å². The van der Waals surface area contributed by atoms with E-state index in [2.05, 4.69) is 5.10 Å². The van der Waals surface area contributed by atoms with Crippen LogP contribution in [0.2, 0.25) is 0 Å². The fourth-order valence-corrected chi connectivity index (χ4v) is 2.45. The highest BCUT2D eigenvalue weighted by Gasteiger charge is 2.53. The predicted octanol–water partition coefficient (Wildman–Crippen LogP) is 3.10. The summed E-state index contributed by atoms with van der Waals surface area (Å²) in [6.45, 7) is 10.5. The molecular weight excluding hydrogens is 284 g/mol. The summed E-state index contributed by atoms with van der Waals surface area (Å²) in [6.07, 6.45) is 5.17. The molecule has 0 N–H and O–H groups in total. The molecule has 7 heteroatoms. The second-order valence-corrected chi connectivity index (χ2v) is 6.57. The van der Waals surface area contributed by atoms with Crippen molar-refractivity contribution < 1.29 is 13.7 Å². The Kier molecular flexibility index (Phi) is 3.45. The van der Waals surface area contributed by atoms with Crippen molar-refractivity contribution in [2.75, 3.05) is 0 Å². The molecular formula is C15H21BFN3O2. The highest BCUT2D eigenvalue weighted by atomic mass is 19.1. The standard InChI is InChI=1S/C15H21BFN3O2/c1-6-19-7-8-20-13(19)10-11(18-20)9-12(17)16-21-14(2,3)15(4,5)22-16/h7-10H,6H2,1-5H3. The van der Waals surface area contributed by atoms with Gasteiger partial charge in [-0.1, -0.05) is 0 Å². The molecule has 3 rings (SSSR count). The predicted molar refractivity (Wildman–Crippen MR) is 84.0 cm³/mol. The minimum Gasteiger partial charge on any atom is -0.398 e. The molecule has 118 valence electrons. The summed E-state index contributed by atoms with van der Waals surface area (Å²) in [4.78, 5) is 0. The monoisotopic (exact) mass is 305 g/mol. The van der Waals surface area contributed by atoms with Gasteiger partial charge in [-0.05, 0) is 40.7 Å². The lowest BCUT2D eigenvalue weighted by atomic mass is 9.87. The maximum atomic E-state index is 14.5. The first-order chi connectivity index (χ1) is 10.2. The van der Waals surface area contributed by atoms with Crippen LogP contribution in [0, 0.1) is 0 Å². The van der Waals surface area contributed by atoms with Crippen LogP contribution in [0.15, 0.2) is 24.2 Å². The van der Waals surface area contributed by atoms with Crippen molar-refractivity contribution in [3.63, 3.8) is 0 Å². The van der Waals surface area contributed by atoms with Crippen LogP contribution in [0.1, 0.15) is 40.3 Å². The van der Waals surface area contributed by atoms with Gasteiger partial charge in [0.2, 0.25) is 0 Å². The maximum Gasteiger partial charge on any atom is 0.525 e. The number of aryl methyl sites for hydroxylation is 1. The van der Waals surface area contributed by atoms with Gasteiger partial charge in [0.1, 0.15) is 11.4 Å². The van der Waals surface area contributed by atoms with Crippen molar-refractivity contribution in [1.82, 2.24) is 14.2 Å². The second kappa shape index (κ2) is 4.96. The van der Waals surface area contributed by atoms with Gasteiger partial charge < -0.3 is 13.9 Å². The van der Waals surface area contributed by atoms with E-state index in [1.165, 1.54) is 6.08 Å². The molecule has 1 fully saturated rings. The Balaban J connectivity index is 1.86. The molecule has 0 amide bonds. The van der Waals surface area contributed by atoms with E-state index in [9.17, 15) is 4.39 Å². The third-order valence-corrected chi connectivity index (χ3v) is 4.52. The minimum atomic E-state index is -0.987. The lowest BCUT2D eigenvalue weighted by molar-refractivity contribution is 0.00578. The first-order valence-corrected chi connectivity index (χ1v) is 7.51. The summed E-state index contributed by atoms with van der Waals surface area (Å²) in [5.41, 5.74) is -0.107. The van der Waals surface area contributed by atoms with Gasteiger partial charge in [0.05, 0.1) is 16.9 Å². The van der Waals surface area contributed by atoms with Crippen molar-refractivity contribution in [1.29, 1.82) is 0 Å². The smallest absolute Gasteiger partial charge is 0.398 e. The van der Waals surface area contributed by atoms with Crippen molar-refractivity contribution in [3.05, 3.63) is 29.9 Å². The van der Waals surface area contributed by atoms with Gasteiger partial charge in [0.15, 0.2) is 0 Å². The van der Waals surface area contributed by atoms with Crippen LogP contribution in [0.5, 0.6) is 0 Å². The SMILES string of the molecule is CCn1ccn2nc(C=C(F)B3OC(C)(C)C(C)(C)O3)cc12. The average Bonchev–Trinajstić information content (AvgIpc) is 3.01. The van der Waals surface area contributed by atoms with Crippen LogP contribution < -0.4 is 0 Å². The summed E-state index contributed by atoms with van der Waals surface area (Å²) in [5.74, 6) is 0. The number of hydrogen-bond donors (Lipinski definition) is 0. The zero-order valence-electron chi connectivity index (χ0n) is 13.6. The van der Waals surface area contributed by atoms with Crippen LogP contribution in [-0.4, -0.2) is 32.5 Å². The zero-order chi connectivity index (χ0) is 16.1. The van der Waals surface area contributed by atoms with E-state index in [0.29, 0.717) is 5.69 Å². The van der Waals surface area contributed by atoms with Gasteiger partial charge in [-0.25, -0.2) is 8.91 Å². The van der Waals surface area contributed by atoms with E-state index in [-0.39, 0.29) is 0 Å². The fourth-order valence-electron chi connectivity index (χ4n) is 2.45. The highest BCUT2D eigenvalue weighted by molar-refractivity contribution is 6.54. The van der Waals surface area contributed by atoms with Crippen LogP contribution in [0.25, 0.3) is 11.7 Å². The van der Waals surface area contributed by atoms with Crippen LogP contribution in [0.4, 0.5) is 4.39 Å². The lowest BCUT2D eigenvalue weighted by Gasteiger charge is -2.32. The molecule has 2 aromatic heterocycles. The van der Waals surface area contributed by atoms with Gasteiger partial charge in [0, 0.05) is 25.0 Å². The Labute approximate surface area is 129 Å². The Bertz CT molecular complexity index is 716. The minimum absolute atomic E-state index is 0.470. The van der Waals surface area contributed by atoms with Crippen molar-refractivity contribution in [2.24, 2.45) is 0 Å². The summed E-state index contributed by atoms with van der Waals surface area (Å²) >= 11 is 0. The number of hydrogen-bond acceptors (Lipinski definition) is 3. The first kappa shape index (κ1) is 15.3. The fraction of sp³-hybridized carbons (Fsp3) is 0.533. The van der Waals surface area contributed by atoms with E-state index in [1.807, 2.05) is 57.6 Å². The molecule has 0 saturated carbocycles. The number of imidazole rings is 1. The Hall–Kier alpha value is -1.60.